The Kier molecular flexibility index (Phi) is 2.53. The Morgan fingerprint density at radius 2 is 2.24 bits per heavy atom. The van der Waals surface area contributed by atoms with Crippen LogP contribution in [0.1, 0.15) is 5.56 Å². The maximum atomic E-state index is 6.03. The second-order valence-electron chi connectivity index (χ2n) is 3.81. The van der Waals surface area contributed by atoms with Crippen LogP contribution in [0.25, 0.3) is 11.0 Å². The SMILES string of the molecule is Cc1cccc2[nH]c(Nc3cscc3Cl)nc12. The van der Waals surface area contributed by atoms with E-state index >= 15 is 0 Å². The normalized spacial score (nSPS) is 10.9. The molecule has 0 aliphatic heterocycles. The van der Waals surface area contributed by atoms with Gasteiger partial charge in [0.1, 0.15) is 0 Å². The molecule has 2 N–H and O–H groups in total. The van der Waals surface area contributed by atoms with Crippen LogP contribution in [-0.2, 0) is 0 Å². The maximum Gasteiger partial charge on any atom is 0.205 e. The van der Waals surface area contributed by atoms with E-state index in [1.165, 1.54) is 0 Å². The molecule has 2 aromatic heterocycles. The number of aromatic amines is 1. The molecule has 0 bridgehead atoms. The Bertz CT molecular complexity index is 671. The first-order chi connectivity index (χ1) is 8.24. The predicted octanol–water partition coefficient (Wildman–Crippen LogP) is 4.33. The quantitative estimate of drug-likeness (QED) is 0.722. The number of H-pyrrole nitrogens is 1. The zero-order chi connectivity index (χ0) is 11.8. The molecule has 0 spiro atoms. The molecule has 0 fully saturated rings. The first-order valence-corrected chi connectivity index (χ1v) is 6.50. The molecule has 86 valence electrons. The third-order valence-electron chi connectivity index (χ3n) is 2.58. The van der Waals surface area contributed by atoms with Gasteiger partial charge in [-0.2, -0.15) is 0 Å². The van der Waals surface area contributed by atoms with Gasteiger partial charge >= 0.3 is 0 Å². The van der Waals surface area contributed by atoms with E-state index in [0.717, 1.165) is 28.2 Å². The number of hydrogen-bond acceptors (Lipinski definition) is 3. The Hall–Kier alpha value is -1.52. The lowest BCUT2D eigenvalue weighted by atomic mass is 10.2. The minimum Gasteiger partial charge on any atom is -0.324 e. The summed E-state index contributed by atoms with van der Waals surface area (Å²) >= 11 is 7.59. The summed E-state index contributed by atoms with van der Waals surface area (Å²) in [5.41, 5.74) is 4.05. The van der Waals surface area contributed by atoms with Crippen LogP contribution in [0, 0.1) is 6.92 Å². The molecule has 3 rings (SSSR count). The first kappa shape index (κ1) is 10.6. The highest BCUT2D eigenvalue weighted by Crippen LogP contribution is 2.29. The fraction of sp³-hybridized carbons (Fsp3) is 0.0833. The molecule has 0 aliphatic rings. The number of para-hydroxylation sites is 1. The molecular formula is C12H10ClN3S. The van der Waals surface area contributed by atoms with E-state index in [4.69, 9.17) is 11.6 Å². The van der Waals surface area contributed by atoms with Gasteiger partial charge in [-0.1, -0.05) is 23.7 Å². The van der Waals surface area contributed by atoms with Crippen molar-refractivity contribution in [3.63, 3.8) is 0 Å². The number of aromatic nitrogens is 2. The lowest BCUT2D eigenvalue weighted by Gasteiger charge is -1.98. The summed E-state index contributed by atoms with van der Waals surface area (Å²) in [7, 11) is 0. The Morgan fingerprint density at radius 1 is 1.35 bits per heavy atom. The third kappa shape index (κ3) is 1.90. The molecule has 0 saturated carbocycles. The van der Waals surface area contributed by atoms with E-state index in [9.17, 15) is 0 Å². The molecular weight excluding hydrogens is 254 g/mol. The van der Waals surface area contributed by atoms with Gasteiger partial charge in [-0.25, -0.2) is 4.98 Å². The molecule has 3 nitrogen and oxygen atoms in total. The largest absolute Gasteiger partial charge is 0.324 e. The Labute approximate surface area is 107 Å². The number of nitrogens with one attached hydrogen (secondary N) is 2. The number of rotatable bonds is 2. The number of thiophene rings is 1. The van der Waals surface area contributed by atoms with Gasteiger partial charge < -0.3 is 10.3 Å². The highest BCUT2D eigenvalue weighted by Gasteiger charge is 2.07. The number of benzene rings is 1. The first-order valence-electron chi connectivity index (χ1n) is 5.18. The van der Waals surface area contributed by atoms with Gasteiger partial charge in [0.05, 0.1) is 21.7 Å². The van der Waals surface area contributed by atoms with Crippen molar-refractivity contribution in [2.45, 2.75) is 6.92 Å². The average Bonchev–Trinajstić information content (AvgIpc) is 2.87. The summed E-state index contributed by atoms with van der Waals surface area (Å²) in [6, 6.07) is 6.07. The van der Waals surface area contributed by atoms with Gasteiger partial charge in [0.2, 0.25) is 5.95 Å². The second kappa shape index (κ2) is 4.05. The van der Waals surface area contributed by atoms with Crippen LogP contribution < -0.4 is 5.32 Å². The standard InChI is InChI=1S/C12H10ClN3S/c1-7-3-2-4-9-11(7)16-12(14-9)15-10-6-17-5-8(10)13/h2-6H,1H3,(H2,14,15,16). The fourth-order valence-corrected chi connectivity index (χ4v) is 2.69. The number of hydrogen-bond donors (Lipinski definition) is 2. The lowest BCUT2D eigenvalue weighted by molar-refractivity contribution is 1.31. The van der Waals surface area contributed by atoms with Crippen molar-refractivity contribution in [2.75, 3.05) is 5.32 Å². The minimum atomic E-state index is 0.715. The van der Waals surface area contributed by atoms with E-state index in [1.54, 1.807) is 11.3 Å². The van der Waals surface area contributed by atoms with E-state index in [0.29, 0.717) is 5.02 Å². The van der Waals surface area contributed by atoms with Crippen molar-refractivity contribution in [1.29, 1.82) is 0 Å². The molecule has 0 aliphatic carbocycles. The van der Waals surface area contributed by atoms with Crippen LogP contribution in [0.15, 0.2) is 29.0 Å². The van der Waals surface area contributed by atoms with Gasteiger partial charge in [-0.15, -0.1) is 11.3 Å². The summed E-state index contributed by atoms with van der Waals surface area (Å²) in [5.74, 6) is 0.717. The summed E-state index contributed by atoms with van der Waals surface area (Å²) in [5, 5.41) is 7.74. The smallest absolute Gasteiger partial charge is 0.205 e. The number of fused-ring (bicyclic) bond motifs is 1. The van der Waals surface area contributed by atoms with Crippen LogP contribution >= 0.6 is 22.9 Å². The lowest BCUT2D eigenvalue weighted by Crippen LogP contribution is -1.90. The molecule has 0 atom stereocenters. The van der Waals surface area contributed by atoms with Gasteiger partial charge in [0.25, 0.3) is 0 Å². The van der Waals surface area contributed by atoms with Gasteiger partial charge in [-0.3, -0.25) is 0 Å². The molecule has 17 heavy (non-hydrogen) atoms. The highest BCUT2D eigenvalue weighted by atomic mass is 35.5. The third-order valence-corrected chi connectivity index (χ3v) is 3.77. The maximum absolute atomic E-state index is 6.03. The summed E-state index contributed by atoms with van der Waals surface area (Å²) in [4.78, 5) is 7.73. The number of nitrogens with zero attached hydrogens (tertiary/aromatic N) is 1. The zero-order valence-electron chi connectivity index (χ0n) is 9.12. The predicted molar refractivity (Wildman–Crippen MR) is 73.4 cm³/mol. The van der Waals surface area contributed by atoms with Crippen molar-refractivity contribution in [1.82, 2.24) is 9.97 Å². The van der Waals surface area contributed by atoms with Crippen molar-refractivity contribution in [3.8, 4) is 0 Å². The van der Waals surface area contributed by atoms with E-state index in [1.807, 2.05) is 35.9 Å². The molecule has 0 amide bonds. The topological polar surface area (TPSA) is 40.7 Å². The molecule has 1 aromatic carbocycles. The number of halogens is 1. The average molecular weight is 264 g/mol. The van der Waals surface area contributed by atoms with Crippen molar-refractivity contribution < 1.29 is 0 Å². The molecule has 0 radical (unpaired) electrons. The molecule has 2 heterocycles. The van der Waals surface area contributed by atoms with Crippen molar-refractivity contribution in [3.05, 3.63) is 39.5 Å². The second-order valence-corrected chi connectivity index (χ2v) is 4.97. The van der Waals surface area contributed by atoms with Crippen LogP contribution in [0.4, 0.5) is 11.6 Å². The van der Waals surface area contributed by atoms with Crippen LogP contribution in [0.5, 0.6) is 0 Å². The van der Waals surface area contributed by atoms with Gasteiger partial charge in [-0.05, 0) is 18.6 Å². The Morgan fingerprint density at radius 3 is 2.94 bits per heavy atom. The van der Waals surface area contributed by atoms with Crippen molar-refractivity contribution in [2.24, 2.45) is 0 Å². The van der Waals surface area contributed by atoms with Crippen LogP contribution in [-0.4, -0.2) is 9.97 Å². The summed E-state index contributed by atoms with van der Waals surface area (Å²) in [6.45, 7) is 2.05. The van der Waals surface area contributed by atoms with E-state index in [2.05, 4.69) is 15.3 Å². The molecule has 0 unspecified atom stereocenters. The van der Waals surface area contributed by atoms with Crippen LogP contribution in [0.2, 0.25) is 5.02 Å². The van der Waals surface area contributed by atoms with Crippen LogP contribution in [0.3, 0.4) is 0 Å². The molecule has 5 heteroatoms. The summed E-state index contributed by atoms with van der Waals surface area (Å²) in [6.07, 6.45) is 0. The van der Waals surface area contributed by atoms with Gasteiger partial charge in [0, 0.05) is 10.8 Å². The number of imidazole rings is 1. The van der Waals surface area contributed by atoms with Gasteiger partial charge in [0.15, 0.2) is 0 Å². The minimum absolute atomic E-state index is 0.715. The van der Waals surface area contributed by atoms with Crippen molar-refractivity contribution >= 4 is 45.6 Å². The molecule has 3 aromatic rings. The number of aryl methyl sites for hydroxylation is 1. The summed E-state index contributed by atoms with van der Waals surface area (Å²) < 4.78 is 0. The zero-order valence-corrected chi connectivity index (χ0v) is 10.7. The molecule has 0 saturated heterocycles. The van der Waals surface area contributed by atoms with E-state index in [-0.39, 0.29) is 0 Å². The highest BCUT2D eigenvalue weighted by molar-refractivity contribution is 7.09. The Balaban J connectivity index is 2.02. The number of anilines is 2. The monoisotopic (exact) mass is 263 g/mol. The fourth-order valence-electron chi connectivity index (χ4n) is 1.73. The van der Waals surface area contributed by atoms with E-state index < -0.39 is 0 Å².